The molecule has 0 aromatic heterocycles. The normalized spacial score (nSPS) is 22.5. The van der Waals surface area contributed by atoms with E-state index in [9.17, 15) is 19.7 Å². The smallest absolute Gasteiger partial charge is 0.322 e. The first-order chi connectivity index (χ1) is 11.7. The summed E-state index contributed by atoms with van der Waals surface area (Å²) in [6, 6.07) is 5.19. The number of nitrogens with one attached hydrogen (secondary N) is 1. The summed E-state index contributed by atoms with van der Waals surface area (Å²) >= 11 is 0. The van der Waals surface area contributed by atoms with Crippen LogP contribution in [0, 0.1) is 15.5 Å². The molecule has 2 amide bonds. The minimum atomic E-state index is -0.560. The first-order valence-corrected chi connectivity index (χ1v) is 8.32. The molecule has 2 aliphatic rings. The second-order valence-corrected chi connectivity index (χ2v) is 7.28. The number of nitrogens with zero attached hydrogens (tertiary/aromatic N) is 2. The van der Waals surface area contributed by atoms with E-state index in [1.54, 1.807) is 17.0 Å². The molecule has 1 aromatic rings. The van der Waals surface area contributed by atoms with Gasteiger partial charge in [-0.05, 0) is 36.5 Å². The number of carbonyl (C=O) groups excluding carboxylic acids is 2. The molecule has 132 valence electrons. The number of hydrogen-bond donors (Lipinski definition) is 1. The van der Waals surface area contributed by atoms with E-state index in [0.717, 1.165) is 5.70 Å². The Morgan fingerprint density at radius 1 is 1.24 bits per heavy atom. The summed E-state index contributed by atoms with van der Waals surface area (Å²) < 4.78 is 0. The number of benzene rings is 1. The van der Waals surface area contributed by atoms with Gasteiger partial charge in [0.15, 0.2) is 5.78 Å². The highest BCUT2D eigenvalue weighted by atomic mass is 16.6. The van der Waals surface area contributed by atoms with Crippen LogP contribution >= 0.6 is 0 Å². The van der Waals surface area contributed by atoms with E-state index in [2.05, 4.69) is 5.32 Å². The van der Waals surface area contributed by atoms with E-state index >= 15 is 0 Å². The number of nitro groups is 1. The van der Waals surface area contributed by atoms with Crippen LogP contribution in [0.1, 0.15) is 45.2 Å². The van der Waals surface area contributed by atoms with Crippen molar-refractivity contribution in [3.05, 3.63) is 51.2 Å². The van der Waals surface area contributed by atoms with Gasteiger partial charge < -0.3 is 5.32 Å². The monoisotopic (exact) mass is 343 g/mol. The highest BCUT2D eigenvalue weighted by Gasteiger charge is 2.43. The number of nitro benzene ring substituents is 1. The molecule has 25 heavy (non-hydrogen) atoms. The van der Waals surface area contributed by atoms with E-state index in [0.29, 0.717) is 30.5 Å². The van der Waals surface area contributed by atoms with Crippen molar-refractivity contribution >= 4 is 17.5 Å². The molecule has 7 nitrogen and oxygen atoms in total. The van der Waals surface area contributed by atoms with Crippen molar-refractivity contribution in [3.63, 3.8) is 0 Å². The van der Waals surface area contributed by atoms with Gasteiger partial charge in [-0.1, -0.05) is 13.8 Å². The van der Waals surface area contributed by atoms with Gasteiger partial charge in [0.05, 0.1) is 11.0 Å². The molecule has 0 saturated heterocycles. The molecule has 1 atom stereocenters. The molecule has 0 spiro atoms. The van der Waals surface area contributed by atoms with Gasteiger partial charge in [-0.15, -0.1) is 0 Å². The van der Waals surface area contributed by atoms with Crippen molar-refractivity contribution in [3.8, 4) is 0 Å². The van der Waals surface area contributed by atoms with E-state index in [-0.39, 0.29) is 22.9 Å². The van der Waals surface area contributed by atoms with Gasteiger partial charge in [0.2, 0.25) is 0 Å². The minimum absolute atomic E-state index is 0.0213. The van der Waals surface area contributed by atoms with Gasteiger partial charge in [-0.2, -0.15) is 0 Å². The molecule has 1 aliphatic carbocycles. The molecule has 1 aromatic carbocycles. The van der Waals surface area contributed by atoms with E-state index in [4.69, 9.17) is 0 Å². The lowest BCUT2D eigenvalue weighted by Gasteiger charge is -2.43. The van der Waals surface area contributed by atoms with Crippen LogP contribution in [0.15, 0.2) is 35.5 Å². The van der Waals surface area contributed by atoms with Crippen LogP contribution in [0.25, 0.3) is 0 Å². The van der Waals surface area contributed by atoms with Gasteiger partial charge in [0, 0.05) is 36.4 Å². The zero-order chi connectivity index (χ0) is 18.4. The maximum absolute atomic E-state index is 12.8. The predicted octanol–water partition coefficient (Wildman–Crippen LogP) is 3.32. The van der Waals surface area contributed by atoms with Gasteiger partial charge >= 0.3 is 6.03 Å². The number of Topliss-reactive ketones (excluding diaryl/α,β-unsaturated/α-hetero) is 1. The number of carbonyl (C=O) groups is 2. The Bertz CT molecular complexity index is 780. The SMILES string of the molecule is CCN1C(=O)NC(c2ccc([N+](=O)[O-])cc2)C2=C1CC(C)(C)CC2=O. The molecule has 0 saturated carbocycles. The fourth-order valence-corrected chi connectivity index (χ4v) is 3.64. The third-order valence-corrected chi connectivity index (χ3v) is 4.78. The van der Waals surface area contributed by atoms with Crippen LogP contribution in [-0.2, 0) is 4.79 Å². The molecule has 1 unspecified atom stereocenters. The lowest BCUT2D eigenvalue weighted by Crippen LogP contribution is -2.50. The summed E-state index contributed by atoms with van der Waals surface area (Å²) in [5.74, 6) is 0.0213. The Hall–Kier alpha value is -2.70. The van der Waals surface area contributed by atoms with E-state index in [1.807, 2.05) is 20.8 Å². The van der Waals surface area contributed by atoms with Crippen LogP contribution in [-0.4, -0.2) is 28.2 Å². The van der Waals surface area contributed by atoms with Crippen LogP contribution in [0.5, 0.6) is 0 Å². The van der Waals surface area contributed by atoms with Gasteiger partial charge in [0.25, 0.3) is 5.69 Å². The fraction of sp³-hybridized carbons (Fsp3) is 0.444. The summed E-state index contributed by atoms with van der Waals surface area (Å²) in [7, 11) is 0. The number of hydrogen-bond acceptors (Lipinski definition) is 4. The van der Waals surface area contributed by atoms with Gasteiger partial charge in [-0.25, -0.2) is 4.79 Å². The Balaban J connectivity index is 2.09. The number of non-ortho nitro benzene ring substituents is 1. The van der Waals surface area contributed by atoms with Crippen LogP contribution in [0.3, 0.4) is 0 Å². The largest absolute Gasteiger partial charge is 0.327 e. The predicted molar refractivity (Wildman–Crippen MR) is 91.8 cm³/mol. The molecule has 0 fully saturated rings. The number of rotatable bonds is 3. The van der Waals surface area contributed by atoms with Gasteiger partial charge in [-0.3, -0.25) is 19.8 Å². The van der Waals surface area contributed by atoms with E-state index in [1.165, 1.54) is 12.1 Å². The first kappa shape index (κ1) is 17.1. The molecule has 0 radical (unpaired) electrons. The zero-order valence-electron chi connectivity index (χ0n) is 14.5. The summed E-state index contributed by atoms with van der Waals surface area (Å²) in [6.45, 7) is 6.41. The lowest BCUT2D eigenvalue weighted by molar-refractivity contribution is -0.384. The number of ketones is 1. The second-order valence-electron chi connectivity index (χ2n) is 7.28. The molecule has 1 N–H and O–H groups in total. The van der Waals surface area contributed by atoms with Crippen molar-refractivity contribution in [1.29, 1.82) is 0 Å². The third-order valence-electron chi connectivity index (χ3n) is 4.78. The zero-order valence-corrected chi connectivity index (χ0v) is 14.5. The first-order valence-electron chi connectivity index (χ1n) is 8.32. The molecule has 0 bridgehead atoms. The number of amides is 2. The maximum Gasteiger partial charge on any atom is 0.322 e. The van der Waals surface area contributed by atoms with Crippen LogP contribution in [0.2, 0.25) is 0 Å². The lowest BCUT2D eigenvalue weighted by atomic mass is 9.72. The molecule has 1 heterocycles. The minimum Gasteiger partial charge on any atom is -0.327 e. The van der Waals surface area contributed by atoms with Crippen LogP contribution < -0.4 is 5.32 Å². The van der Waals surface area contributed by atoms with Crippen molar-refractivity contribution in [2.75, 3.05) is 6.54 Å². The van der Waals surface area contributed by atoms with Gasteiger partial charge in [0.1, 0.15) is 0 Å². The Kier molecular flexibility index (Phi) is 4.10. The average Bonchev–Trinajstić information content (AvgIpc) is 2.53. The van der Waals surface area contributed by atoms with Crippen molar-refractivity contribution in [1.82, 2.24) is 10.2 Å². The van der Waals surface area contributed by atoms with Crippen molar-refractivity contribution < 1.29 is 14.5 Å². The standard InChI is InChI=1S/C18H21N3O4/c1-4-20-13-9-18(2,3)10-14(22)15(13)16(19-17(20)23)11-5-7-12(8-6-11)21(24)25/h5-8,16H,4,9-10H2,1-3H3,(H,19,23). The molecule has 3 rings (SSSR count). The molecule has 1 aliphatic heterocycles. The summed E-state index contributed by atoms with van der Waals surface area (Å²) in [5, 5.41) is 13.7. The quantitative estimate of drug-likeness (QED) is 0.673. The summed E-state index contributed by atoms with van der Waals surface area (Å²) in [5.41, 5.74) is 1.84. The van der Waals surface area contributed by atoms with Crippen molar-refractivity contribution in [2.45, 2.75) is 39.7 Å². The Morgan fingerprint density at radius 3 is 2.44 bits per heavy atom. The van der Waals surface area contributed by atoms with Crippen molar-refractivity contribution in [2.24, 2.45) is 5.41 Å². The summed E-state index contributed by atoms with van der Waals surface area (Å²) in [6.07, 6.45) is 1.07. The molecular formula is C18H21N3O4. The highest BCUT2D eigenvalue weighted by molar-refractivity contribution is 6.01. The third kappa shape index (κ3) is 3.01. The topological polar surface area (TPSA) is 92.6 Å². The average molecular weight is 343 g/mol. The van der Waals surface area contributed by atoms with E-state index < -0.39 is 11.0 Å². The highest BCUT2D eigenvalue weighted by Crippen LogP contribution is 2.44. The maximum atomic E-state index is 12.8. The molecular weight excluding hydrogens is 322 g/mol. The van der Waals surface area contributed by atoms with Crippen LogP contribution in [0.4, 0.5) is 10.5 Å². The molecule has 7 heteroatoms. The fourth-order valence-electron chi connectivity index (χ4n) is 3.64. The Morgan fingerprint density at radius 2 is 1.88 bits per heavy atom. The Labute approximate surface area is 145 Å². The second kappa shape index (κ2) is 5.98. The number of allylic oxidation sites excluding steroid dienone is 1. The summed E-state index contributed by atoms with van der Waals surface area (Å²) in [4.78, 5) is 37.3. The number of urea groups is 1.